The van der Waals surface area contributed by atoms with Crippen molar-refractivity contribution >= 4 is 17.5 Å². The Morgan fingerprint density at radius 3 is 2.83 bits per heavy atom. The molecule has 0 radical (unpaired) electrons. The van der Waals surface area contributed by atoms with Gasteiger partial charge in [-0.05, 0) is 68.8 Å². The SMILES string of the molecule is O=C(NCC1CCCNC1)C1(Cc2cccc(Cl)c2)CCCC1. The molecule has 2 fully saturated rings. The van der Waals surface area contributed by atoms with E-state index in [-0.39, 0.29) is 11.3 Å². The second kappa shape index (κ2) is 7.67. The fraction of sp³-hybridized carbons (Fsp3) is 0.632. The average molecular weight is 335 g/mol. The Morgan fingerprint density at radius 2 is 2.13 bits per heavy atom. The molecule has 0 aromatic heterocycles. The molecule has 2 aliphatic rings. The summed E-state index contributed by atoms with van der Waals surface area (Å²) in [5.41, 5.74) is 0.946. The molecule has 1 saturated carbocycles. The lowest BCUT2D eigenvalue weighted by molar-refractivity contribution is -0.131. The molecule has 2 N–H and O–H groups in total. The molecule has 1 aliphatic carbocycles. The Balaban J connectivity index is 1.63. The summed E-state index contributed by atoms with van der Waals surface area (Å²) >= 11 is 6.11. The van der Waals surface area contributed by atoms with Gasteiger partial charge in [-0.15, -0.1) is 0 Å². The van der Waals surface area contributed by atoms with Gasteiger partial charge in [0.25, 0.3) is 0 Å². The Hall–Kier alpha value is -1.06. The first-order chi connectivity index (χ1) is 11.2. The zero-order valence-electron chi connectivity index (χ0n) is 13.7. The first kappa shape index (κ1) is 16.8. The van der Waals surface area contributed by atoms with E-state index in [4.69, 9.17) is 11.6 Å². The van der Waals surface area contributed by atoms with E-state index in [0.717, 1.165) is 56.8 Å². The number of rotatable bonds is 5. The number of halogens is 1. The van der Waals surface area contributed by atoms with E-state index < -0.39 is 0 Å². The predicted octanol–water partition coefficient (Wildman–Crippen LogP) is 3.56. The van der Waals surface area contributed by atoms with Gasteiger partial charge >= 0.3 is 0 Å². The monoisotopic (exact) mass is 334 g/mol. The van der Waals surface area contributed by atoms with Crippen LogP contribution in [-0.4, -0.2) is 25.5 Å². The van der Waals surface area contributed by atoms with E-state index in [1.165, 1.54) is 18.4 Å². The van der Waals surface area contributed by atoms with Crippen molar-refractivity contribution in [2.45, 2.75) is 44.9 Å². The maximum Gasteiger partial charge on any atom is 0.226 e. The fourth-order valence-corrected chi connectivity index (χ4v) is 4.31. The van der Waals surface area contributed by atoms with Gasteiger partial charge in [0.1, 0.15) is 0 Å². The van der Waals surface area contributed by atoms with Crippen molar-refractivity contribution < 1.29 is 4.79 Å². The van der Waals surface area contributed by atoms with Gasteiger partial charge < -0.3 is 10.6 Å². The van der Waals surface area contributed by atoms with Crippen molar-refractivity contribution in [3.05, 3.63) is 34.9 Å². The summed E-state index contributed by atoms with van der Waals surface area (Å²) in [6.07, 6.45) is 7.53. The van der Waals surface area contributed by atoms with Crippen molar-refractivity contribution in [2.24, 2.45) is 11.3 Å². The Labute approximate surface area is 144 Å². The minimum absolute atomic E-state index is 0.229. The van der Waals surface area contributed by atoms with Gasteiger partial charge in [0.05, 0.1) is 5.41 Å². The summed E-state index contributed by atoms with van der Waals surface area (Å²) < 4.78 is 0. The maximum absolute atomic E-state index is 12.9. The number of nitrogens with one attached hydrogen (secondary N) is 2. The minimum atomic E-state index is -0.229. The molecule has 0 spiro atoms. The van der Waals surface area contributed by atoms with Crippen LogP contribution in [-0.2, 0) is 11.2 Å². The summed E-state index contributed by atoms with van der Waals surface area (Å²) in [6, 6.07) is 7.96. The predicted molar refractivity (Wildman–Crippen MR) is 94.7 cm³/mol. The minimum Gasteiger partial charge on any atom is -0.355 e. The normalized spacial score (nSPS) is 23.6. The van der Waals surface area contributed by atoms with Gasteiger partial charge in [-0.3, -0.25) is 4.79 Å². The van der Waals surface area contributed by atoms with Crippen LogP contribution in [0.15, 0.2) is 24.3 Å². The molecule has 0 bridgehead atoms. The van der Waals surface area contributed by atoms with Crippen LogP contribution in [0.1, 0.15) is 44.1 Å². The summed E-state index contributed by atoms with van der Waals surface area (Å²) in [5, 5.41) is 7.43. The van der Waals surface area contributed by atoms with Crippen LogP contribution in [0.2, 0.25) is 5.02 Å². The summed E-state index contributed by atoms with van der Waals surface area (Å²) in [7, 11) is 0. The molecule has 1 saturated heterocycles. The second-order valence-electron chi connectivity index (χ2n) is 7.22. The van der Waals surface area contributed by atoms with Gasteiger partial charge in [-0.1, -0.05) is 36.6 Å². The van der Waals surface area contributed by atoms with Crippen LogP contribution in [0, 0.1) is 11.3 Å². The molecule has 3 rings (SSSR count). The van der Waals surface area contributed by atoms with Crippen LogP contribution in [0.25, 0.3) is 0 Å². The molecule has 3 nitrogen and oxygen atoms in total. The maximum atomic E-state index is 12.9. The lowest BCUT2D eigenvalue weighted by atomic mass is 9.79. The molecule has 1 aromatic carbocycles. The fourth-order valence-electron chi connectivity index (χ4n) is 4.10. The first-order valence-electron chi connectivity index (χ1n) is 8.91. The molecule has 1 heterocycles. The van der Waals surface area contributed by atoms with E-state index in [1.807, 2.05) is 18.2 Å². The van der Waals surface area contributed by atoms with E-state index in [1.54, 1.807) is 0 Å². The first-order valence-corrected chi connectivity index (χ1v) is 9.29. The summed E-state index contributed by atoms with van der Waals surface area (Å²) in [5.74, 6) is 0.831. The summed E-state index contributed by atoms with van der Waals surface area (Å²) in [6.45, 7) is 2.95. The third-order valence-electron chi connectivity index (χ3n) is 5.42. The van der Waals surface area contributed by atoms with Crippen molar-refractivity contribution in [1.82, 2.24) is 10.6 Å². The molecule has 1 amide bonds. The van der Waals surface area contributed by atoms with Crippen molar-refractivity contribution in [1.29, 1.82) is 0 Å². The highest BCUT2D eigenvalue weighted by Crippen LogP contribution is 2.41. The molecule has 1 unspecified atom stereocenters. The Morgan fingerprint density at radius 1 is 1.30 bits per heavy atom. The Bertz CT molecular complexity index is 534. The smallest absolute Gasteiger partial charge is 0.226 e. The molecule has 23 heavy (non-hydrogen) atoms. The lowest BCUT2D eigenvalue weighted by Crippen LogP contribution is -2.45. The van der Waals surface area contributed by atoms with Crippen LogP contribution in [0.4, 0.5) is 0 Å². The van der Waals surface area contributed by atoms with Gasteiger partial charge in [0.15, 0.2) is 0 Å². The molecular weight excluding hydrogens is 308 g/mol. The van der Waals surface area contributed by atoms with Gasteiger partial charge in [-0.25, -0.2) is 0 Å². The number of benzene rings is 1. The molecule has 1 aliphatic heterocycles. The highest BCUT2D eigenvalue weighted by molar-refractivity contribution is 6.30. The number of hydrogen-bond acceptors (Lipinski definition) is 2. The molecule has 126 valence electrons. The third kappa shape index (κ3) is 4.27. The van der Waals surface area contributed by atoms with Crippen LogP contribution < -0.4 is 10.6 Å². The van der Waals surface area contributed by atoms with E-state index in [9.17, 15) is 4.79 Å². The third-order valence-corrected chi connectivity index (χ3v) is 5.66. The van der Waals surface area contributed by atoms with Gasteiger partial charge in [-0.2, -0.15) is 0 Å². The number of hydrogen-bond donors (Lipinski definition) is 2. The van der Waals surface area contributed by atoms with E-state index in [2.05, 4.69) is 16.7 Å². The largest absolute Gasteiger partial charge is 0.355 e. The van der Waals surface area contributed by atoms with Crippen LogP contribution >= 0.6 is 11.6 Å². The zero-order chi connectivity index (χ0) is 16.1. The van der Waals surface area contributed by atoms with E-state index in [0.29, 0.717) is 5.92 Å². The van der Waals surface area contributed by atoms with Crippen molar-refractivity contribution in [3.63, 3.8) is 0 Å². The zero-order valence-corrected chi connectivity index (χ0v) is 14.5. The van der Waals surface area contributed by atoms with Crippen LogP contribution in [0.3, 0.4) is 0 Å². The molecular formula is C19H27ClN2O. The number of piperidine rings is 1. The molecule has 1 atom stereocenters. The van der Waals surface area contributed by atoms with Gasteiger partial charge in [0.2, 0.25) is 5.91 Å². The highest BCUT2D eigenvalue weighted by atomic mass is 35.5. The topological polar surface area (TPSA) is 41.1 Å². The number of carbonyl (C=O) groups is 1. The van der Waals surface area contributed by atoms with Gasteiger partial charge in [0, 0.05) is 11.6 Å². The lowest BCUT2D eigenvalue weighted by Gasteiger charge is -2.30. The van der Waals surface area contributed by atoms with Crippen molar-refractivity contribution in [3.8, 4) is 0 Å². The Kier molecular flexibility index (Phi) is 5.60. The average Bonchev–Trinajstić information content (AvgIpc) is 3.03. The molecule has 1 aromatic rings. The standard InChI is InChI=1S/C19H27ClN2O/c20-17-7-3-5-15(11-17)12-19(8-1-2-9-19)18(23)22-14-16-6-4-10-21-13-16/h3,5,7,11,16,21H,1-2,4,6,8-10,12-14H2,(H,22,23). The molecule has 4 heteroatoms. The number of amides is 1. The van der Waals surface area contributed by atoms with Crippen molar-refractivity contribution in [2.75, 3.05) is 19.6 Å². The van der Waals surface area contributed by atoms with E-state index >= 15 is 0 Å². The summed E-state index contributed by atoms with van der Waals surface area (Å²) in [4.78, 5) is 12.9. The second-order valence-corrected chi connectivity index (χ2v) is 7.65. The number of carbonyl (C=O) groups excluding carboxylic acids is 1. The quantitative estimate of drug-likeness (QED) is 0.864. The van der Waals surface area contributed by atoms with Crippen LogP contribution in [0.5, 0.6) is 0 Å². The highest BCUT2D eigenvalue weighted by Gasteiger charge is 2.41.